The molecule has 1 aromatic rings. The Balaban J connectivity index is 1.95. The number of anilines is 1. The highest BCUT2D eigenvalue weighted by atomic mass is 19.3. The van der Waals surface area contributed by atoms with Crippen molar-refractivity contribution in [2.75, 3.05) is 18.5 Å². The Morgan fingerprint density at radius 3 is 2.96 bits per heavy atom. The molecule has 0 saturated carbocycles. The molecule has 2 rings (SSSR count). The predicted octanol–water partition coefficient (Wildman–Crippen LogP) is 2.43. The third kappa shape index (κ3) is 5.36. The SMILES string of the molecule is Cc1ccc(NC(=O)N[C@H]2CCCCNC2=O)cc1OCC(F)F. The molecular formula is C16H21F2N3O3. The average molecular weight is 341 g/mol. The summed E-state index contributed by atoms with van der Waals surface area (Å²) in [5.74, 6) is 0.0767. The van der Waals surface area contributed by atoms with Gasteiger partial charge in [-0.2, -0.15) is 0 Å². The third-order valence-corrected chi connectivity index (χ3v) is 3.65. The van der Waals surface area contributed by atoms with Crippen LogP contribution in [0.5, 0.6) is 5.75 Å². The summed E-state index contributed by atoms with van der Waals surface area (Å²) in [5.41, 5.74) is 1.08. The van der Waals surface area contributed by atoms with Gasteiger partial charge in [-0.05, 0) is 37.8 Å². The lowest BCUT2D eigenvalue weighted by atomic mass is 10.1. The number of aryl methyl sites for hydroxylation is 1. The van der Waals surface area contributed by atoms with E-state index in [9.17, 15) is 18.4 Å². The average Bonchev–Trinajstić information content (AvgIpc) is 2.72. The highest BCUT2D eigenvalue weighted by Gasteiger charge is 2.22. The highest BCUT2D eigenvalue weighted by Crippen LogP contribution is 2.23. The number of carbonyl (C=O) groups is 2. The zero-order valence-corrected chi connectivity index (χ0v) is 13.4. The molecule has 1 aliphatic rings. The van der Waals surface area contributed by atoms with Gasteiger partial charge in [-0.15, -0.1) is 0 Å². The lowest BCUT2D eigenvalue weighted by Gasteiger charge is -2.16. The smallest absolute Gasteiger partial charge is 0.319 e. The zero-order valence-electron chi connectivity index (χ0n) is 13.4. The molecule has 1 aliphatic heterocycles. The van der Waals surface area contributed by atoms with Crippen molar-refractivity contribution in [2.45, 2.75) is 38.7 Å². The molecule has 1 aromatic carbocycles. The summed E-state index contributed by atoms with van der Waals surface area (Å²) in [5, 5.41) is 7.94. The maximum absolute atomic E-state index is 12.3. The summed E-state index contributed by atoms with van der Waals surface area (Å²) in [6, 6.07) is 3.67. The van der Waals surface area contributed by atoms with Crippen LogP contribution in [0, 0.1) is 6.92 Å². The molecule has 132 valence electrons. The van der Waals surface area contributed by atoms with Crippen molar-refractivity contribution in [2.24, 2.45) is 0 Å². The van der Waals surface area contributed by atoms with E-state index in [1.54, 1.807) is 19.1 Å². The molecule has 1 atom stereocenters. The molecule has 0 aromatic heterocycles. The van der Waals surface area contributed by atoms with Crippen LogP contribution in [0.1, 0.15) is 24.8 Å². The first-order valence-corrected chi connectivity index (χ1v) is 7.82. The Kier molecular flexibility index (Phi) is 6.34. The molecule has 24 heavy (non-hydrogen) atoms. The van der Waals surface area contributed by atoms with Gasteiger partial charge in [-0.3, -0.25) is 4.79 Å². The normalized spacial score (nSPS) is 17.8. The number of ether oxygens (including phenoxy) is 1. The van der Waals surface area contributed by atoms with Crippen molar-refractivity contribution >= 4 is 17.6 Å². The van der Waals surface area contributed by atoms with E-state index in [0.29, 0.717) is 24.2 Å². The van der Waals surface area contributed by atoms with Gasteiger partial charge in [0.15, 0.2) is 0 Å². The fourth-order valence-corrected chi connectivity index (χ4v) is 2.39. The van der Waals surface area contributed by atoms with Gasteiger partial charge in [0.1, 0.15) is 18.4 Å². The lowest BCUT2D eigenvalue weighted by Crippen LogP contribution is -2.47. The van der Waals surface area contributed by atoms with E-state index in [2.05, 4.69) is 16.0 Å². The number of urea groups is 1. The van der Waals surface area contributed by atoms with Gasteiger partial charge in [0.25, 0.3) is 6.43 Å². The molecule has 0 spiro atoms. The van der Waals surface area contributed by atoms with Gasteiger partial charge in [-0.25, -0.2) is 13.6 Å². The molecule has 0 unspecified atom stereocenters. The van der Waals surface area contributed by atoms with E-state index in [4.69, 9.17) is 4.74 Å². The topological polar surface area (TPSA) is 79.5 Å². The number of halogens is 2. The Labute approximate surface area is 138 Å². The number of rotatable bonds is 5. The van der Waals surface area contributed by atoms with E-state index in [1.165, 1.54) is 6.07 Å². The van der Waals surface area contributed by atoms with Gasteiger partial charge in [0.2, 0.25) is 5.91 Å². The highest BCUT2D eigenvalue weighted by molar-refractivity contribution is 5.93. The quantitative estimate of drug-likeness (QED) is 0.769. The van der Waals surface area contributed by atoms with Crippen LogP contribution in [0.3, 0.4) is 0 Å². The fourth-order valence-electron chi connectivity index (χ4n) is 2.39. The number of benzene rings is 1. The number of alkyl halides is 2. The zero-order chi connectivity index (χ0) is 17.5. The van der Waals surface area contributed by atoms with Crippen LogP contribution in [0.15, 0.2) is 18.2 Å². The maximum atomic E-state index is 12.3. The first kappa shape index (κ1) is 18.0. The maximum Gasteiger partial charge on any atom is 0.319 e. The Morgan fingerprint density at radius 1 is 1.42 bits per heavy atom. The van der Waals surface area contributed by atoms with Crippen molar-refractivity contribution < 1.29 is 23.1 Å². The Morgan fingerprint density at radius 2 is 2.21 bits per heavy atom. The second-order valence-electron chi connectivity index (χ2n) is 5.62. The van der Waals surface area contributed by atoms with Gasteiger partial charge < -0.3 is 20.7 Å². The molecule has 0 bridgehead atoms. The summed E-state index contributed by atoms with van der Waals surface area (Å²) in [4.78, 5) is 23.8. The molecule has 3 N–H and O–H groups in total. The Bertz CT molecular complexity index is 596. The van der Waals surface area contributed by atoms with Crippen LogP contribution in [0.4, 0.5) is 19.3 Å². The molecule has 0 radical (unpaired) electrons. The van der Waals surface area contributed by atoms with Gasteiger partial charge in [-0.1, -0.05) is 6.07 Å². The van der Waals surface area contributed by atoms with Crippen molar-refractivity contribution in [3.63, 3.8) is 0 Å². The van der Waals surface area contributed by atoms with Crippen molar-refractivity contribution in [1.29, 1.82) is 0 Å². The van der Waals surface area contributed by atoms with E-state index in [0.717, 1.165) is 12.8 Å². The second-order valence-corrected chi connectivity index (χ2v) is 5.62. The van der Waals surface area contributed by atoms with Crippen LogP contribution in [-0.2, 0) is 4.79 Å². The van der Waals surface area contributed by atoms with Gasteiger partial charge in [0, 0.05) is 18.3 Å². The molecule has 0 aliphatic carbocycles. The van der Waals surface area contributed by atoms with E-state index >= 15 is 0 Å². The van der Waals surface area contributed by atoms with Gasteiger partial charge in [0.05, 0.1) is 0 Å². The minimum absolute atomic E-state index is 0.201. The minimum Gasteiger partial charge on any atom is -0.487 e. The molecule has 6 nitrogen and oxygen atoms in total. The molecule has 8 heteroatoms. The summed E-state index contributed by atoms with van der Waals surface area (Å²) in [7, 11) is 0. The number of amides is 3. The summed E-state index contributed by atoms with van der Waals surface area (Å²) < 4.78 is 29.5. The molecule has 1 saturated heterocycles. The minimum atomic E-state index is -2.57. The molecule has 1 heterocycles. The summed E-state index contributed by atoms with van der Waals surface area (Å²) in [6.07, 6.45) is -0.262. The van der Waals surface area contributed by atoms with Crippen LogP contribution >= 0.6 is 0 Å². The van der Waals surface area contributed by atoms with E-state index in [1.807, 2.05) is 0 Å². The summed E-state index contributed by atoms with van der Waals surface area (Å²) >= 11 is 0. The van der Waals surface area contributed by atoms with Crippen molar-refractivity contribution in [1.82, 2.24) is 10.6 Å². The predicted molar refractivity (Wildman–Crippen MR) is 85.5 cm³/mol. The monoisotopic (exact) mass is 341 g/mol. The second kappa shape index (κ2) is 8.47. The standard InChI is InChI=1S/C16H21F2N3O3/c1-10-5-6-11(8-13(10)24-9-14(17)18)20-16(23)21-12-4-2-3-7-19-15(12)22/h5-6,8,12,14H,2-4,7,9H2,1H3,(H,19,22)(H2,20,21,23)/t12-/m0/s1. The van der Waals surface area contributed by atoms with Crippen LogP contribution in [0.2, 0.25) is 0 Å². The van der Waals surface area contributed by atoms with Crippen LogP contribution < -0.4 is 20.7 Å². The number of nitrogens with one attached hydrogen (secondary N) is 3. The molecular weight excluding hydrogens is 320 g/mol. The number of carbonyl (C=O) groups excluding carboxylic acids is 2. The number of hydrogen-bond acceptors (Lipinski definition) is 3. The van der Waals surface area contributed by atoms with E-state index < -0.39 is 25.1 Å². The van der Waals surface area contributed by atoms with Crippen LogP contribution in [0.25, 0.3) is 0 Å². The number of hydrogen-bond donors (Lipinski definition) is 3. The lowest BCUT2D eigenvalue weighted by molar-refractivity contribution is -0.122. The first-order valence-electron chi connectivity index (χ1n) is 7.82. The fraction of sp³-hybridized carbons (Fsp3) is 0.500. The first-order chi connectivity index (χ1) is 11.5. The van der Waals surface area contributed by atoms with Crippen molar-refractivity contribution in [3.05, 3.63) is 23.8 Å². The third-order valence-electron chi connectivity index (χ3n) is 3.65. The van der Waals surface area contributed by atoms with Crippen LogP contribution in [-0.4, -0.2) is 37.6 Å². The Hall–Kier alpha value is -2.38. The largest absolute Gasteiger partial charge is 0.487 e. The molecule has 3 amide bonds. The van der Waals surface area contributed by atoms with Gasteiger partial charge >= 0.3 is 6.03 Å². The van der Waals surface area contributed by atoms with Crippen molar-refractivity contribution in [3.8, 4) is 5.75 Å². The molecule has 1 fully saturated rings. The summed E-state index contributed by atoms with van der Waals surface area (Å²) in [6.45, 7) is 1.63. The van der Waals surface area contributed by atoms with E-state index in [-0.39, 0.29) is 11.7 Å².